The summed E-state index contributed by atoms with van der Waals surface area (Å²) < 4.78 is 33.4. The van der Waals surface area contributed by atoms with Crippen LogP contribution in [0, 0.1) is 6.92 Å². The first-order valence-corrected chi connectivity index (χ1v) is 9.28. The molecule has 2 heterocycles. The van der Waals surface area contributed by atoms with Gasteiger partial charge in [0.25, 0.3) is 0 Å². The van der Waals surface area contributed by atoms with Crippen LogP contribution in [0.5, 0.6) is 0 Å². The summed E-state index contributed by atoms with van der Waals surface area (Å²) in [5, 5.41) is 0. The van der Waals surface area contributed by atoms with E-state index in [1.807, 2.05) is 6.92 Å². The van der Waals surface area contributed by atoms with Crippen LogP contribution in [0.3, 0.4) is 0 Å². The zero-order valence-electron chi connectivity index (χ0n) is 13.5. The molecule has 0 aromatic heterocycles. The summed E-state index contributed by atoms with van der Waals surface area (Å²) in [6.45, 7) is 5.26. The molecule has 2 aliphatic rings. The molecule has 3 rings (SSSR count). The van der Waals surface area contributed by atoms with Crippen LogP contribution in [0.25, 0.3) is 0 Å². The molecule has 7 heteroatoms. The Balaban J connectivity index is 1.87. The number of carbonyl (C=O) groups is 1. The van der Waals surface area contributed by atoms with Crippen molar-refractivity contribution in [3.63, 3.8) is 0 Å². The Kier molecular flexibility index (Phi) is 4.20. The Labute approximate surface area is 137 Å². The van der Waals surface area contributed by atoms with Crippen LogP contribution >= 0.6 is 0 Å². The van der Waals surface area contributed by atoms with E-state index in [4.69, 9.17) is 4.74 Å². The van der Waals surface area contributed by atoms with Gasteiger partial charge in [0.05, 0.1) is 11.5 Å². The lowest BCUT2D eigenvalue weighted by molar-refractivity contribution is -0.137. The zero-order chi connectivity index (χ0) is 16.7. The topological polar surface area (TPSA) is 66.9 Å². The summed E-state index contributed by atoms with van der Waals surface area (Å²) in [7, 11) is -3.60. The van der Waals surface area contributed by atoms with E-state index in [2.05, 4.69) is 0 Å². The molecule has 6 nitrogen and oxygen atoms in total. The fourth-order valence-electron chi connectivity index (χ4n) is 3.34. The maximum atomic E-state index is 13.0. The lowest BCUT2D eigenvalue weighted by Gasteiger charge is -2.42. The number of aryl methyl sites for hydroxylation is 1. The van der Waals surface area contributed by atoms with Crippen LogP contribution in [0.1, 0.15) is 25.3 Å². The number of ether oxygens (including phenoxy) is 1. The molecule has 0 unspecified atom stereocenters. The summed E-state index contributed by atoms with van der Waals surface area (Å²) in [4.78, 5) is 13.5. The summed E-state index contributed by atoms with van der Waals surface area (Å²) in [5.74, 6) is 0.0192. The number of piperidine rings is 1. The molecule has 0 saturated carbocycles. The molecule has 2 saturated heterocycles. The average molecular weight is 338 g/mol. The molecule has 0 N–H and O–H groups in total. The van der Waals surface area contributed by atoms with Gasteiger partial charge in [-0.1, -0.05) is 17.7 Å². The van der Waals surface area contributed by atoms with Gasteiger partial charge in [-0.2, -0.15) is 4.31 Å². The van der Waals surface area contributed by atoms with Gasteiger partial charge in [-0.05, 0) is 19.1 Å². The number of rotatable bonds is 2. The molecule has 1 amide bonds. The van der Waals surface area contributed by atoms with Crippen molar-refractivity contribution in [1.82, 2.24) is 9.21 Å². The fraction of sp³-hybridized carbons (Fsp3) is 0.562. The molecule has 126 valence electrons. The lowest BCUT2D eigenvalue weighted by atomic mass is 10.0. The minimum Gasteiger partial charge on any atom is -0.358 e. The number of nitrogens with zero attached hydrogens (tertiary/aromatic N) is 2. The summed E-state index contributed by atoms with van der Waals surface area (Å²) in [6.07, 6.45) is 1.02. The molecule has 0 bridgehead atoms. The van der Waals surface area contributed by atoms with E-state index in [1.54, 1.807) is 29.2 Å². The van der Waals surface area contributed by atoms with Crippen LogP contribution in [0.2, 0.25) is 0 Å². The maximum absolute atomic E-state index is 13.0. The van der Waals surface area contributed by atoms with E-state index < -0.39 is 15.7 Å². The van der Waals surface area contributed by atoms with Gasteiger partial charge in [-0.3, -0.25) is 4.79 Å². The number of likely N-dealkylation sites (tertiary alicyclic amines) is 1. The second-order valence-corrected chi connectivity index (χ2v) is 8.05. The third kappa shape index (κ3) is 2.88. The highest BCUT2D eigenvalue weighted by atomic mass is 32.2. The van der Waals surface area contributed by atoms with Crippen molar-refractivity contribution in [2.75, 3.05) is 26.2 Å². The number of hydrogen-bond donors (Lipinski definition) is 0. The molecule has 1 aromatic rings. The van der Waals surface area contributed by atoms with Gasteiger partial charge in [-0.25, -0.2) is 8.42 Å². The van der Waals surface area contributed by atoms with Crippen LogP contribution in [-0.2, 0) is 19.6 Å². The van der Waals surface area contributed by atoms with E-state index in [9.17, 15) is 13.2 Å². The number of carbonyl (C=O) groups excluding carboxylic acids is 1. The lowest BCUT2D eigenvalue weighted by Crippen LogP contribution is -2.55. The normalized spacial score (nSPS) is 21.7. The van der Waals surface area contributed by atoms with Crippen LogP contribution in [0.4, 0.5) is 0 Å². The van der Waals surface area contributed by atoms with Gasteiger partial charge in [-0.15, -0.1) is 0 Å². The van der Waals surface area contributed by atoms with Crippen molar-refractivity contribution in [3.8, 4) is 0 Å². The summed E-state index contributed by atoms with van der Waals surface area (Å²) >= 11 is 0. The Morgan fingerprint density at radius 1 is 1.13 bits per heavy atom. The predicted molar refractivity (Wildman–Crippen MR) is 85.2 cm³/mol. The van der Waals surface area contributed by atoms with Crippen molar-refractivity contribution in [2.24, 2.45) is 0 Å². The largest absolute Gasteiger partial charge is 0.358 e. The summed E-state index contributed by atoms with van der Waals surface area (Å²) in [5.41, 5.74) is 0.210. The maximum Gasteiger partial charge on any atom is 0.245 e. The van der Waals surface area contributed by atoms with Crippen molar-refractivity contribution < 1.29 is 17.9 Å². The molecule has 23 heavy (non-hydrogen) atoms. The highest BCUT2D eigenvalue weighted by Crippen LogP contribution is 2.38. The minimum absolute atomic E-state index is 0.0192. The number of benzene rings is 1. The zero-order valence-corrected chi connectivity index (χ0v) is 14.3. The van der Waals surface area contributed by atoms with E-state index in [0.29, 0.717) is 44.0 Å². The van der Waals surface area contributed by atoms with Crippen molar-refractivity contribution >= 4 is 15.9 Å². The smallest absolute Gasteiger partial charge is 0.245 e. The molecule has 0 radical (unpaired) electrons. The standard InChI is InChI=1S/C16H22N2O4S/c1-13-3-5-15(6-4-13)23(20,21)18-11-12-22-16(18)7-9-17(10-8-16)14(2)19/h3-6H,7-12H2,1-2H3. The minimum atomic E-state index is -3.60. The monoisotopic (exact) mass is 338 g/mol. The van der Waals surface area contributed by atoms with Gasteiger partial charge >= 0.3 is 0 Å². The van der Waals surface area contributed by atoms with E-state index in [0.717, 1.165) is 5.56 Å². The van der Waals surface area contributed by atoms with Crippen LogP contribution < -0.4 is 0 Å². The Morgan fingerprint density at radius 2 is 1.74 bits per heavy atom. The highest BCUT2D eigenvalue weighted by Gasteiger charge is 2.50. The number of amides is 1. The van der Waals surface area contributed by atoms with E-state index >= 15 is 0 Å². The molecule has 1 spiro atoms. The van der Waals surface area contributed by atoms with Crippen LogP contribution in [-0.4, -0.2) is 55.5 Å². The first-order valence-electron chi connectivity index (χ1n) is 7.84. The third-order valence-corrected chi connectivity index (χ3v) is 6.68. The quantitative estimate of drug-likeness (QED) is 0.816. The molecule has 1 aromatic carbocycles. The predicted octanol–water partition coefficient (Wildman–Crippen LogP) is 1.35. The van der Waals surface area contributed by atoms with Crippen LogP contribution in [0.15, 0.2) is 29.2 Å². The molecular formula is C16H22N2O4S. The number of hydrogen-bond acceptors (Lipinski definition) is 4. The van der Waals surface area contributed by atoms with Gasteiger partial charge in [0, 0.05) is 39.4 Å². The third-order valence-electron chi connectivity index (χ3n) is 4.72. The Hall–Kier alpha value is -1.44. The summed E-state index contributed by atoms with van der Waals surface area (Å²) in [6, 6.07) is 6.88. The molecule has 0 atom stereocenters. The second-order valence-electron chi connectivity index (χ2n) is 6.19. The average Bonchev–Trinajstić information content (AvgIpc) is 2.92. The highest BCUT2D eigenvalue weighted by molar-refractivity contribution is 7.89. The molecule has 0 aliphatic carbocycles. The number of sulfonamides is 1. The first kappa shape index (κ1) is 16.4. The van der Waals surface area contributed by atoms with Crippen molar-refractivity contribution in [1.29, 1.82) is 0 Å². The second kappa shape index (κ2) is 5.89. The van der Waals surface area contributed by atoms with Gasteiger partial charge in [0.1, 0.15) is 5.72 Å². The van der Waals surface area contributed by atoms with Crippen molar-refractivity contribution in [2.45, 2.75) is 37.3 Å². The van der Waals surface area contributed by atoms with Gasteiger partial charge in [0.2, 0.25) is 15.9 Å². The first-order chi connectivity index (χ1) is 10.8. The van der Waals surface area contributed by atoms with Gasteiger partial charge in [0.15, 0.2) is 0 Å². The fourth-order valence-corrected chi connectivity index (χ4v) is 5.06. The Morgan fingerprint density at radius 3 is 2.30 bits per heavy atom. The SMILES string of the molecule is CC(=O)N1CCC2(CC1)OCCN2S(=O)(=O)c1ccc(C)cc1. The molecule has 2 fully saturated rings. The van der Waals surface area contributed by atoms with Crippen molar-refractivity contribution in [3.05, 3.63) is 29.8 Å². The van der Waals surface area contributed by atoms with Gasteiger partial charge < -0.3 is 9.64 Å². The Bertz CT molecular complexity index is 691. The van der Waals surface area contributed by atoms with E-state index in [1.165, 1.54) is 11.2 Å². The molecular weight excluding hydrogens is 316 g/mol. The molecule has 2 aliphatic heterocycles. The van der Waals surface area contributed by atoms with E-state index in [-0.39, 0.29) is 5.91 Å².